The number of ketones is 2. The van der Waals surface area contributed by atoms with E-state index in [0.717, 1.165) is 11.0 Å². The van der Waals surface area contributed by atoms with Crippen molar-refractivity contribution in [3.05, 3.63) is 70.4 Å². The van der Waals surface area contributed by atoms with Crippen LogP contribution in [0.2, 0.25) is 5.02 Å². The van der Waals surface area contributed by atoms with Crippen LogP contribution in [0.1, 0.15) is 29.6 Å². The van der Waals surface area contributed by atoms with Crippen molar-refractivity contribution in [3.8, 4) is 0 Å². The molecular weight excluding hydrogens is 378 g/mol. The molecule has 7 heteroatoms. The van der Waals surface area contributed by atoms with Gasteiger partial charge < -0.3 is 5.11 Å². The monoisotopic (exact) mass is 395 g/mol. The van der Waals surface area contributed by atoms with E-state index >= 15 is 0 Å². The molecule has 3 N–H and O–H groups in total. The molecule has 4 rings (SSSR count). The first-order valence-corrected chi connectivity index (χ1v) is 9.40. The number of nitrogens with one attached hydrogen (secondary N) is 3. The van der Waals surface area contributed by atoms with Gasteiger partial charge in [0, 0.05) is 22.6 Å². The average Bonchev–Trinajstić information content (AvgIpc) is 3.09. The van der Waals surface area contributed by atoms with E-state index in [4.69, 9.17) is 11.6 Å². The van der Waals surface area contributed by atoms with Crippen LogP contribution in [0.3, 0.4) is 0 Å². The number of anilines is 1. The number of benzene rings is 2. The van der Waals surface area contributed by atoms with Gasteiger partial charge in [0.1, 0.15) is 11.0 Å². The van der Waals surface area contributed by atoms with Crippen molar-refractivity contribution in [2.24, 2.45) is 0 Å². The summed E-state index contributed by atoms with van der Waals surface area (Å²) in [6.45, 7) is 0. The van der Waals surface area contributed by atoms with E-state index in [1.54, 1.807) is 24.3 Å². The molecule has 1 aliphatic rings. The summed E-state index contributed by atoms with van der Waals surface area (Å²) in [6, 6.07) is 12.9. The highest BCUT2D eigenvalue weighted by Gasteiger charge is 2.34. The lowest BCUT2D eigenvalue weighted by atomic mass is 9.87. The number of hydrogen-bond donors (Lipinski definition) is 2. The highest BCUT2D eigenvalue weighted by molar-refractivity contribution is 6.30. The topological polar surface area (TPSA) is 99.2 Å². The van der Waals surface area contributed by atoms with Gasteiger partial charge in [0.25, 0.3) is 0 Å². The first-order valence-electron chi connectivity index (χ1n) is 9.02. The third-order valence-corrected chi connectivity index (χ3v) is 5.08. The summed E-state index contributed by atoms with van der Waals surface area (Å²) in [4.78, 5) is 32.0. The van der Waals surface area contributed by atoms with Crippen LogP contribution >= 0.6 is 11.6 Å². The van der Waals surface area contributed by atoms with Crippen LogP contribution < -0.4 is 15.4 Å². The summed E-state index contributed by atoms with van der Waals surface area (Å²) in [6.07, 6.45) is 1.05. The number of imidazole rings is 1. The van der Waals surface area contributed by atoms with Crippen molar-refractivity contribution in [3.63, 3.8) is 0 Å². The number of aromatic amines is 2. The number of fused-ring (bicyclic) bond motifs is 1. The molecule has 0 aliphatic heterocycles. The molecule has 142 valence electrons. The fraction of sp³-hybridized carbons (Fsp3) is 0.190. The Hall–Kier alpha value is -3.12. The van der Waals surface area contributed by atoms with E-state index in [9.17, 15) is 14.7 Å². The minimum atomic E-state index is -1.08. The van der Waals surface area contributed by atoms with Crippen LogP contribution in [0.15, 0.2) is 59.9 Å². The van der Waals surface area contributed by atoms with Gasteiger partial charge in [-0.05, 0) is 49.2 Å². The summed E-state index contributed by atoms with van der Waals surface area (Å²) in [5, 5.41) is 16.0. The van der Waals surface area contributed by atoms with Gasteiger partial charge in [-0.25, -0.2) is 9.97 Å². The summed E-state index contributed by atoms with van der Waals surface area (Å²) in [7, 11) is 0. The van der Waals surface area contributed by atoms with E-state index in [0.29, 0.717) is 23.0 Å². The standard InChI is InChI=1S/C21H18ClN3O3/c22-13-10-8-12(9-11-13)20(28)19(18-16(26)6-3-7-17(18)27)25-21-23-14-4-1-2-5-15(14)24-21/h1-2,4-5,8-11,19,26H,3,6-7H2,(H2,23,24,25). The summed E-state index contributed by atoms with van der Waals surface area (Å²) >= 11 is 5.92. The number of hydrogen-bond acceptors (Lipinski definition) is 4. The Morgan fingerprint density at radius 3 is 2.61 bits per heavy atom. The molecule has 1 atom stereocenters. The molecule has 1 aromatic heterocycles. The number of rotatable bonds is 5. The van der Waals surface area contributed by atoms with Crippen molar-refractivity contribution >= 4 is 40.1 Å². The molecule has 0 spiro atoms. The second-order valence-corrected chi connectivity index (χ2v) is 7.17. The predicted molar refractivity (Wildman–Crippen MR) is 104 cm³/mol. The Morgan fingerprint density at radius 1 is 1.14 bits per heavy atom. The smallest absolute Gasteiger partial charge is 0.354 e. The van der Waals surface area contributed by atoms with E-state index in [1.165, 1.54) is 0 Å². The van der Waals surface area contributed by atoms with Crippen molar-refractivity contribution in [2.75, 3.05) is 5.32 Å². The van der Waals surface area contributed by atoms with Gasteiger partial charge in [-0.2, -0.15) is 0 Å². The van der Waals surface area contributed by atoms with Crippen molar-refractivity contribution in [1.29, 1.82) is 0 Å². The maximum absolute atomic E-state index is 13.2. The average molecular weight is 396 g/mol. The zero-order valence-electron chi connectivity index (χ0n) is 14.9. The maximum atomic E-state index is 13.2. The highest BCUT2D eigenvalue weighted by atomic mass is 35.5. The van der Waals surface area contributed by atoms with Crippen LogP contribution in [0.5, 0.6) is 0 Å². The predicted octanol–water partition coefficient (Wildman–Crippen LogP) is 2.67. The van der Waals surface area contributed by atoms with Crippen LogP contribution in [0.25, 0.3) is 11.0 Å². The second-order valence-electron chi connectivity index (χ2n) is 6.73. The SMILES string of the molecule is O=C1CCCC([O-])=C1C(Nc1[nH]c2ccccc2[nH+]1)C(=O)c1ccc(Cl)cc1. The number of H-pyrrole nitrogens is 2. The number of allylic oxidation sites excluding steroid dienone is 1. The fourth-order valence-corrected chi connectivity index (χ4v) is 3.55. The minimum Gasteiger partial charge on any atom is -0.875 e. The van der Waals surface area contributed by atoms with Gasteiger partial charge in [0.2, 0.25) is 5.78 Å². The summed E-state index contributed by atoms with van der Waals surface area (Å²) < 4.78 is 0. The quantitative estimate of drug-likeness (QED) is 0.649. The lowest BCUT2D eigenvalue weighted by molar-refractivity contribution is -0.327. The number of Topliss-reactive ketones (excluding diaryl/α,β-unsaturated/α-hetero) is 2. The molecule has 0 bridgehead atoms. The first-order chi connectivity index (χ1) is 13.5. The number of carbonyl (C=O) groups excluding carboxylic acids is 2. The highest BCUT2D eigenvalue weighted by Crippen LogP contribution is 2.25. The Kier molecular flexibility index (Phi) is 4.88. The third-order valence-electron chi connectivity index (χ3n) is 4.82. The van der Waals surface area contributed by atoms with Gasteiger partial charge >= 0.3 is 5.95 Å². The van der Waals surface area contributed by atoms with Crippen molar-refractivity contribution < 1.29 is 19.7 Å². The van der Waals surface area contributed by atoms with Gasteiger partial charge in [-0.3, -0.25) is 14.9 Å². The third kappa shape index (κ3) is 3.51. The molecule has 1 aliphatic carbocycles. The van der Waals surface area contributed by atoms with Gasteiger partial charge in [0.15, 0.2) is 11.8 Å². The zero-order valence-corrected chi connectivity index (χ0v) is 15.7. The fourth-order valence-electron chi connectivity index (χ4n) is 3.42. The molecule has 0 amide bonds. The van der Waals surface area contributed by atoms with Gasteiger partial charge in [0.05, 0.1) is 0 Å². The van der Waals surface area contributed by atoms with Crippen LogP contribution in [0, 0.1) is 0 Å². The summed E-state index contributed by atoms with van der Waals surface area (Å²) in [5.74, 6) is -0.478. The minimum absolute atomic E-state index is 0.0123. The largest absolute Gasteiger partial charge is 0.875 e. The number of halogens is 1. The summed E-state index contributed by atoms with van der Waals surface area (Å²) in [5.41, 5.74) is 2.07. The van der Waals surface area contributed by atoms with Crippen molar-refractivity contribution in [1.82, 2.24) is 4.98 Å². The molecule has 1 heterocycles. The van der Waals surface area contributed by atoms with Crippen LogP contribution in [-0.4, -0.2) is 22.6 Å². The zero-order chi connectivity index (χ0) is 19.7. The van der Waals surface area contributed by atoms with Crippen molar-refractivity contribution in [2.45, 2.75) is 25.3 Å². The Morgan fingerprint density at radius 2 is 1.89 bits per heavy atom. The second kappa shape index (κ2) is 7.48. The molecule has 1 unspecified atom stereocenters. The van der Waals surface area contributed by atoms with Crippen LogP contribution in [-0.2, 0) is 4.79 Å². The first kappa shape index (κ1) is 18.3. The number of para-hydroxylation sites is 2. The molecule has 0 saturated carbocycles. The maximum Gasteiger partial charge on any atom is 0.354 e. The van der Waals surface area contributed by atoms with Gasteiger partial charge in [-0.15, -0.1) is 5.76 Å². The van der Waals surface area contributed by atoms with E-state index in [-0.39, 0.29) is 35.7 Å². The van der Waals surface area contributed by atoms with Crippen LogP contribution in [0.4, 0.5) is 5.95 Å². The van der Waals surface area contributed by atoms with Gasteiger partial charge in [-0.1, -0.05) is 23.7 Å². The Balaban J connectivity index is 1.75. The molecular formula is C21H18ClN3O3. The number of carbonyl (C=O) groups is 2. The lowest BCUT2D eigenvalue weighted by Crippen LogP contribution is -2.40. The Bertz CT molecular complexity index is 1050. The molecule has 0 radical (unpaired) electrons. The molecule has 0 fully saturated rings. The molecule has 3 aromatic rings. The van der Waals surface area contributed by atoms with E-state index in [1.807, 2.05) is 24.3 Å². The number of aromatic nitrogens is 2. The molecule has 0 saturated heterocycles. The van der Waals surface area contributed by atoms with E-state index in [2.05, 4.69) is 15.3 Å². The van der Waals surface area contributed by atoms with E-state index < -0.39 is 6.04 Å². The lowest BCUT2D eigenvalue weighted by Gasteiger charge is -2.27. The normalized spacial score (nSPS) is 15.7. The Labute approximate surface area is 166 Å². The molecule has 2 aromatic carbocycles. The molecule has 6 nitrogen and oxygen atoms in total. The molecule has 28 heavy (non-hydrogen) atoms.